The maximum atomic E-state index is 14.2. The summed E-state index contributed by atoms with van der Waals surface area (Å²) in [5.41, 5.74) is -1.03. The van der Waals surface area contributed by atoms with Crippen molar-refractivity contribution in [2.45, 2.75) is 38.1 Å². The summed E-state index contributed by atoms with van der Waals surface area (Å²) in [4.78, 5) is 28.6. The number of nitrogens with zero attached hydrogens (tertiary/aromatic N) is 2. The molecule has 1 atom stereocenters. The predicted molar refractivity (Wildman–Crippen MR) is 81.0 cm³/mol. The molecular formula is C17H20F2N2O2. The summed E-state index contributed by atoms with van der Waals surface area (Å²) in [7, 11) is 1.72. The van der Waals surface area contributed by atoms with Gasteiger partial charge in [0.05, 0.1) is 5.56 Å². The highest BCUT2D eigenvalue weighted by Gasteiger charge is 2.52. The molecule has 2 amide bonds. The Bertz CT molecular complexity index is 677. The highest BCUT2D eigenvalue weighted by atomic mass is 19.2. The molecule has 0 saturated carbocycles. The molecule has 2 aliphatic rings. The number of rotatable bonds is 1. The Hall–Kier alpha value is -1.98. The van der Waals surface area contributed by atoms with Crippen LogP contribution in [-0.2, 0) is 4.79 Å². The van der Waals surface area contributed by atoms with Crippen molar-refractivity contribution in [1.29, 1.82) is 0 Å². The Morgan fingerprint density at radius 3 is 2.48 bits per heavy atom. The molecule has 2 saturated heterocycles. The predicted octanol–water partition coefficient (Wildman–Crippen LogP) is 2.50. The SMILES string of the molecule is Cc1ccc(C(=O)N2CCCC23CCCN(C)C3=O)c(F)c1F. The van der Waals surface area contributed by atoms with E-state index in [4.69, 9.17) is 0 Å². The molecule has 4 nitrogen and oxygen atoms in total. The fourth-order valence-electron chi connectivity index (χ4n) is 3.79. The van der Waals surface area contributed by atoms with Gasteiger partial charge in [0.15, 0.2) is 11.6 Å². The van der Waals surface area contributed by atoms with E-state index in [-0.39, 0.29) is 17.0 Å². The lowest BCUT2D eigenvalue weighted by Gasteiger charge is -2.43. The number of halogens is 2. The average molecular weight is 322 g/mol. The molecule has 1 unspecified atom stereocenters. The molecule has 23 heavy (non-hydrogen) atoms. The second kappa shape index (κ2) is 5.58. The van der Waals surface area contributed by atoms with Crippen molar-refractivity contribution in [3.05, 3.63) is 34.9 Å². The molecule has 1 aromatic rings. The first-order valence-corrected chi connectivity index (χ1v) is 7.90. The third-order valence-corrected chi connectivity index (χ3v) is 5.07. The molecule has 0 radical (unpaired) electrons. The number of benzene rings is 1. The van der Waals surface area contributed by atoms with E-state index in [1.165, 1.54) is 24.0 Å². The van der Waals surface area contributed by atoms with Crippen molar-refractivity contribution in [1.82, 2.24) is 9.80 Å². The molecule has 0 bridgehead atoms. The van der Waals surface area contributed by atoms with E-state index in [1.807, 2.05) is 0 Å². The Labute approximate surface area is 134 Å². The fourth-order valence-corrected chi connectivity index (χ4v) is 3.79. The number of carbonyl (C=O) groups excluding carboxylic acids is 2. The van der Waals surface area contributed by atoms with Crippen LogP contribution in [0.1, 0.15) is 41.6 Å². The van der Waals surface area contributed by atoms with Gasteiger partial charge in [-0.2, -0.15) is 0 Å². The minimum atomic E-state index is -1.13. The van der Waals surface area contributed by atoms with Gasteiger partial charge in [0.1, 0.15) is 5.54 Å². The van der Waals surface area contributed by atoms with Crippen LogP contribution in [0.2, 0.25) is 0 Å². The van der Waals surface area contributed by atoms with Gasteiger partial charge in [-0.15, -0.1) is 0 Å². The third-order valence-electron chi connectivity index (χ3n) is 5.07. The molecule has 1 aromatic carbocycles. The van der Waals surface area contributed by atoms with Crippen molar-refractivity contribution in [2.75, 3.05) is 20.1 Å². The number of aryl methyl sites for hydroxylation is 1. The first-order chi connectivity index (χ1) is 10.9. The van der Waals surface area contributed by atoms with E-state index in [0.717, 1.165) is 6.42 Å². The van der Waals surface area contributed by atoms with E-state index < -0.39 is 23.1 Å². The number of amides is 2. The van der Waals surface area contributed by atoms with Gasteiger partial charge in [-0.3, -0.25) is 9.59 Å². The molecule has 6 heteroatoms. The van der Waals surface area contributed by atoms with Gasteiger partial charge in [-0.25, -0.2) is 8.78 Å². The lowest BCUT2D eigenvalue weighted by molar-refractivity contribution is -0.144. The quantitative estimate of drug-likeness (QED) is 0.797. The number of piperidine rings is 1. The highest BCUT2D eigenvalue weighted by molar-refractivity contribution is 6.00. The van der Waals surface area contributed by atoms with Crippen LogP contribution in [0.3, 0.4) is 0 Å². The summed E-state index contributed by atoms with van der Waals surface area (Å²) < 4.78 is 28.0. The first-order valence-electron chi connectivity index (χ1n) is 7.90. The Kier molecular flexibility index (Phi) is 3.86. The molecule has 124 valence electrons. The number of carbonyl (C=O) groups is 2. The maximum Gasteiger partial charge on any atom is 0.257 e. The van der Waals surface area contributed by atoms with E-state index >= 15 is 0 Å². The van der Waals surface area contributed by atoms with Gasteiger partial charge < -0.3 is 9.80 Å². The van der Waals surface area contributed by atoms with E-state index in [1.54, 1.807) is 11.9 Å². The second-order valence-electron chi connectivity index (χ2n) is 6.48. The van der Waals surface area contributed by atoms with Gasteiger partial charge >= 0.3 is 0 Å². The summed E-state index contributed by atoms with van der Waals surface area (Å²) >= 11 is 0. The largest absolute Gasteiger partial charge is 0.344 e. The van der Waals surface area contributed by atoms with Crippen LogP contribution in [0, 0.1) is 18.6 Å². The van der Waals surface area contributed by atoms with Gasteiger partial charge in [0.25, 0.3) is 5.91 Å². The zero-order valence-corrected chi connectivity index (χ0v) is 13.4. The van der Waals surface area contributed by atoms with E-state index in [0.29, 0.717) is 32.4 Å². The Morgan fingerprint density at radius 1 is 1.13 bits per heavy atom. The number of likely N-dealkylation sites (N-methyl/N-ethyl adjacent to an activating group) is 1. The zero-order valence-electron chi connectivity index (χ0n) is 13.4. The summed E-state index contributed by atoms with van der Waals surface area (Å²) in [6.07, 6.45) is 2.66. The lowest BCUT2D eigenvalue weighted by atomic mass is 9.85. The van der Waals surface area contributed by atoms with E-state index in [9.17, 15) is 18.4 Å². The summed E-state index contributed by atoms with van der Waals surface area (Å²) in [5, 5.41) is 0. The third kappa shape index (κ3) is 2.31. The lowest BCUT2D eigenvalue weighted by Crippen LogP contribution is -2.60. The summed E-state index contributed by atoms with van der Waals surface area (Å²) in [6, 6.07) is 2.70. The monoisotopic (exact) mass is 322 g/mol. The minimum absolute atomic E-state index is 0.0948. The van der Waals surface area contributed by atoms with Crippen LogP contribution in [0.5, 0.6) is 0 Å². The topological polar surface area (TPSA) is 40.6 Å². The van der Waals surface area contributed by atoms with Crippen LogP contribution < -0.4 is 0 Å². The molecule has 2 aliphatic heterocycles. The van der Waals surface area contributed by atoms with Crippen molar-refractivity contribution in [3.8, 4) is 0 Å². The van der Waals surface area contributed by atoms with Crippen LogP contribution >= 0.6 is 0 Å². The van der Waals surface area contributed by atoms with Crippen molar-refractivity contribution < 1.29 is 18.4 Å². The van der Waals surface area contributed by atoms with Crippen molar-refractivity contribution in [3.63, 3.8) is 0 Å². The first kappa shape index (κ1) is 15.9. The molecule has 3 rings (SSSR count). The Morgan fingerprint density at radius 2 is 1.78 bits per heavy atom. The number of hydrogen-bond donors (Lipinski definition) is 0. The highest BCUT2D eigenvalue weighted by Crippen LogP contribution is 2.39. The normalized spacial score (nSPS) is 24.6. The molecule has 2 fully saturated rings. The maximum absolute atomic E-state index is 14.2. The van der Waals surface area contributed by atoms with Crippen LogP contribution in [-0.4, -0.2) is 47.3 Å². The van der Waals surface area contributed by atoms with Gasteiger partial charge in [0.2, 0.25) is 5.91 Å². The molecule has 0 aromatic heterocycles. The number of likely N-dealkylation sites (tertiary alicyclic amines) is 2. The molecule has 0 N–H and O–H groups in total. The van der Waals surface area contributed by atoms with Crippen LogP contribution in [0.15, 0.2) is 12.1 Å². The summed E-state index contributed by atoms with van der Waals surface area (Å²) in [5.74, 6) is -2.82. The van der Waals surface area contributed by atoms with E-state index in [2.05, 4.69) is 0 Å². The zero-order chi connectivity index (χ0) is 16.8. The van der Waals surface area contributed by atoms with Crippen molar-refractivity contribution >= 4 is 11.8 Å². The number of hydrogen-bond acceptors (Lipinski definition) is 2. The standard InChI is InChI=1S/C17H20F2N2O2/c1-11-5-6-12(14(19)13(11)18)15(22)21-10-4-8-17(21)7-3-9-20(2)16(17)23/h5-6H,3-4,7-10H2,1-2H3. The Balaban J connectivity index is 1.99. The molecule has 2 heterocycles. The fraction of sp³-hybridized carbons (Fsp3) is 0.529. The molecule has 1 spiro atoms. The summed E-state index contributed by atoms with van der Waals surface area (Å²) in [6.45, 7) is 2.51. The van der Waals surface area contributed by atoms with Gasteiger partial charge in [-0.1, -0.05) is 6.07 Å². The van der Waals surface area contributed by atoms with Crippen molar-refractivity contribution in [2.24, 2.45) is 0 Å². The molecule has 0 aliphatic carbocycles. The smallest absolute Gasteiger partial charge is 0.257 e. The average Bonchev–Trinajstić information content (AvgIpc) is 2.94. The minimum Gasteiger partial charge on any atom is -0.344 e. The van der Waals surface area contributed by atoms with Gasteiger partial charge in [0, 0.05) is 20.1 Å². The van der Waals surface area contributed by atoms with Gasteiger partial charge in [-0.05, 0) is 44.2 Å². The van der Waals surface area contributed by atoms with Crippen LogP contribution in [0.4, 0.5) is 8.78 Å². The molecular weight excluding hydrogens is 302 g/mol. The van der Waals surface area contributed by atoms with Crippen LogP contribution in [0.25, 0.3) is 0 Å². The second-order valence-corrected chi connectivity index (χ2v) is 6.48.